The number of aliphatic hydroxyl groups excluding tert-OH is 1. The van der Waals surface area contributed by atoms with Crippen molar-refractivity contribution in [1.82, 2.24) is 0 Å². The van der Waals surface area contributed by atoms with Crippen molar-refractivity contribution in [2.24, 2.45) is 5.92 Å². The summed E-state index contributed by atoms with van der Waals surface area (Å²) in [5.41, 5.74) is 2.34. The van der Waals surface area contributed by atoms with Crippen LogP contribution in [0.5, 0.6) is 0 Å². The molecule has 1 fully saturated rings. The predicted octanol–water partition coefficient (Wildman–Crippen LogP) is 2.85. The Bertz CT molecular complexity index is 384. The Hall–Kier alpha value is -0.860. The van der Waals surface area contributed by atoms with Crippen molar-refractivity contribution in [3.8, 4) is 0 Å². The van der Waals surface area contributed by atoms with E-state index in [2.05, 4.69) is 6.07 Å². The molecule has 0 radical (unpaired) electrons. The number of hydrogen-bond acceptors (Lipinski definition) is 2. The number of fused-ring (bicyclic) bond motifs is 1. The van der Waals surface area contributed by atoms with Crippen LogP contribution in [0.4, 0.5) is 0 Å². The fraction of sp³-hybridized carbons (Fsp3) is 0.600. The van der Waals surface area contributed by atoms with Crippen LogP contribution in [0, 0.1) is 5.92 Å². The molecule has 2 atom stereocenters. The van der Waals surface area contributed by atoms with Crippen molar-refractivity contribution in [1.29, 1.82) is 0 Å². The molecule has 2 aliphatic carbocycles. The van der Waals surface area contributed by atoms with Crippen molar-refractivity contribution in [2.75, 3.05) is 6.61 Å². The third-order valence-corrected chi connectivity index (χ3v) is 3.98. The fourth-order valence-corrected chi connectivity index (χ4v) is 2.67. The lowest BCUT2D eigenvalue weighted by Gasteiger charge is -2.30. The van der Waals surface area contributed by atoms with Crippen LogP contribution in [0.3, 0.4) is 0 Å². The van der Waals surface area contributed by atoms with Crippen molar-refractivity contribution < 1.29 is 9.84 Å². The normalized spacial score (nSPS) is 27.8. The summed E-state index contributed by atoms with van der Waals surface area (Å²) < 4.78 is 5.85. The zero-order valence-corrected chi connectivity index (χ0v) is 10.1. The third kappa shape index (κ3) is 2.53. The molecule has 2 nitrogen and oxygen atoms in total. The Morgan fingerprint density at radius 1 is 1.18 bits per heavy atom. The average molecular weight is 232 g/mol. The molecule has 0 aromatic heterocycles. The molecule has 1 saturated carbocycles. The van der Waals surface area contributed by atoms with Gasteiger partial charge >= 0.3 is 0 Å². The molecule has 0 saturated heterocycles. The molecule has 1 aromatic carbocycles. The highest BCUT2D eigenvalue weighted by atomic mass is 16.5. The van der Waals surface area contributed by atoms with E-state index in [1.165, 1.54) is 24.8 Å². The van der Waals surface area contributed by atoms with Gasteiger partial charge in [-0.3, -0.25) is 0 Å². The smallest absolute Gasteiger partial charge is 0.105 e. The standard InChI is InChI=1S/C15H20O2/c16-15-13-4-2-1-3-12(13)7-8-14(15)17-10-9-11-5-6-11/h1-4,11,14-16H,5-10H2. The van der Waals surface area contributed by atoms with Gasteiger partial charge in [-0.1, -0.05) is 37.1 Å². The van der Waals surface area contributed by atoms with Gasteiger partial charge in [-0.2, -0.15) is 0 Å². The molecular weight excluding hydrogens is 212 g/mol. The molecule has 2 aliphatic rings. The van der Waals surface area contributed by atoms with Crippen LogP contribution in [-0.2, 0) is 11.2 Å². The van der Waals surface area contributed by atoms with Crippen LogP contribution >= 0.6 is 0 Å². The molecule has 1 aromatic rings. The quantitative estimate of drug-likeness (QED) is 0.865. The van der Waals surface area contributed by atoms with Gasteiger partial charge in [0, 0.05) is 6.61 Å². The van der Waals surface area contributed by atoms with Crippen molar-refractivity contribution in [3.05, 3.63) is 35.4 Å². The zero-order chi connectivity index (χ0) is 11.7. The number of benzene rings is 1. The summed E-state index contributed by atoms with van der Waals surface area (Å²) in [6.45, 7) is 0.814. The number of aliphatic hydroxyl groups is 1. The maximum atomic E-state index is 10.3. The second kappa shape index (κ2) is 4.79. The molecule has 2 heteroatoms. The highest BCUT2D eigenvalue weighted by Crippen LogP contribution is 2.34. The van der Waals surface area contributed by atoms with E-state index in [0.29, 0.717) is 0 Å². The molecule has 17 heavy (non-hydrogen) atoms. The summed E-state index contributed by atoms with van der Waals surface area (Å²) in [5.74, 6) is 0.906. The highest BCUT2D eigenvalue weighted by Gasteiger charge is 2.29. The molecule has 0 spiro atoms. The molecule has 3 rings (SSSR count). The van der Waals surface area contributed by atoms with Crippen LogP contribution in [0.2, 0.25) is 0 Å². The van der Waals surface area contributed by atoms with E-state index < -0.39 is 6.10 Å². The number of aryl methyl sites for hydroxylation is 1. The van der Waals surface area contributed by atoms with Gasteiger partial charge in [0.1, 0.15) is 6.10 Å². The first-order valence-electron chi connectivity index (χ1n) is 6.72. The second-order valence-electron chi connectivity index (χ2n) is 5.32. The van der Waals surface area contributed by atoms with E-state index >= 15 is 0 Å². The lowest BCUT2D eigenvalue weighted by Crippen LogP contribution is -2.28. The van der Waals surface area contributed by atoms with Gasteiger partial charge in [0.25, 0.3) is 0 Å². The molecular formula is C15H20O2. The van der Waals surface area contributed by atoms with E-state index in [9.17, 15) is 5.11 Å². The summed E-state index contributed by atoms with van der Waals surface area (Å²) in [6, 6.07) is 8.17. The van der Waals surface area contributed by atoms with Crippen molar-refractivity contribution in [2.45, 2.75) is 44.3 Å². The van der Waals surface area contributed by atoms with Gasteiger partial charge in [-0.05, 0) is 36.3 Å². The first-order valence-corrected chi connectivity index (χ1v) is 6.72. The lowest BCUT2D eigenvalue weighted by molar-refractivity contribution is -0.0499. The molecule has 1 N–H and O–H groups in total. The Morgan fingerprint density at radius 3 is 2.82 bits per heavy atom. The van der Waals surface area contributed by atoms with Gasteiger partial charge in [0.2, 0.25) is 0 Å². The summed E-state index contributed by atoms with van der Waals surface area (Å²) in [5, 5.41) is 10.3. The van der Waals surface area contributed by atoms with Crippen molar-refractivity contribution in [3.63, 3.8) is 0 Å². The highest BCUT2D eigenvalue weighted by molar-refractivity contribution is 5.32. The van der Waals surface area contributed by atoms with E-state index in [1.807, 2.05) is 18.2 Å². The van der Waals surface area contributed by atoms with Gasteiger partial charge < -0.3 is 9.84 Å². The maximum Gasteiger partial charge on any atom is 0.105 e. The molecule has 0 bridgehead atoms. The van der Waals surface area contributed by atoms with Crippen LogP contribution in [0.1, 0.15) is 42.9 Å². The first-order chi connectivity index (χ1) is 8.34. The first kappa shape index (κ1) is 11.2. The Labute approximate surface area is 103 Å². The van der Waals surface area contributed by atoms with Gasteiger partial charge in [0.15, 0.2) is 0 Å². The third-order valence-electron chi connectivity index (χ3n) is 3.98. The SMILES string of the molecule is OC1c2ccccc2CCC1OCCC1CC1. The summed E-state index contributed by atoms with van der Waals surface area (Å²) in [7, 11) is 0. The zero-order valence-electron chi connectivity index (χ0n) is 10.1. The minimum absolute atomic E-state index is 0.00338. The summed E-state index contributed by atoms with van der Waals surface area (Å²) >= 11 is 0. The van der Waals surface area contributed by atoms with Gasteiger partial charge in [-0.25, -0.2) is 0 Å². The van der Waals surface area contributed by atoms with Crippen LogP contribution < -0.4 is 0 Å². The largest absolute Gasteiger partial charge is 0.386 e. The topological polar surface area (TPSA) is 29.5 Å². The number of rotatable bonds is 4. The summed E-state index contributed by atoms with van der Waals surface area (Å²) in [6.07, 6.45) is 5.47. The van der Waals surface area contributed by atoms with Gasteiger partial charge in [-0.15, -0.1) is 0 Å². The summed E-state index contributed by atoms with van der Waals surface area (Å²) in [4.78, 5) is 0. The number of hydrogen-bond donors (Lipinski definition) is 1. The van der Waals surface area contributed by atoms with Crippen LogP contribution in [-0.4, -0.2) is 17.8 Å². The number of ether oxygens (including phenoxy) is 1. The van der Waals surface area contributed by atoms with E-state index in [4.69, 9.17) is 4.74 Å². The van der Waals surface area contributed by atoms with Crippen LogP contribution in [0.25, 0.3) is 0 Å². The fourth-order valence-electron chi connectivity index (χ4n) is 2.67. The van der Waals surface area contributed by atoms with Crippen molar-refractivity contribution >= 4 is 0 Å². The maximum absolute atomic E-state index is 10.3. The molecule has 0 heterocycles. The Kier molecular flexibility index (Phi) is 3.17. The second-order valence-corrected chi connectivity index (χ2v) is 5.32. The van der Waals surface area contributed by atoms with E-state index in [1.54, 1.807) is 0 Å². The molecule has 0 amide bonds. The van der Waals surface area contributed by atoms with E-state index in [-0.39, 0.29) is 6.10 Å². The minimum Gasteiger partial charge on any atom is -0.386 e. The predicted molar refractivity (Wildman–Crippen MR) is 66.8 cm³/mol. The average Bonchev–Trinajstić information content (AvgIpc) is 3.17. The van der Waals surface area contributed by atoms with E-state index in [0.717, 1.165) is 30.9 Å². The molecule has 2 unspecified atom stereocenters. The van der Waals surface area contributed by atoms with Gasteiger partial charge in [0.05, 0.1) is 6.10 Å². The monoisotopic (exact) mass is 232 g/mol. The van der Waals surface area contributed by atoms with Crippen LogP contribution in [0.15, 0.2) is 24.3 Å². The molecule has 92 valence electrons. The Morgan fingerprint density at radius 2 is 2.00 bits per heavy atom. The Balaban J connectivity index is 1.60. The molecule has 0 aliphatic heterocycles. The minimum atomic E-state index is -0.431. The lowest BCUT2D eigenvalue weighted by atomic mass is 9.87.